The van der Waals surface area contributed by atoms with Gasteiger partial charge in [0, 0.05) is 26.2 Å². The Morgan fingerprint density at radius 1 is 1.44 bits per heavy atom. The van der Waals surface area contributed by atoms with Gasteiger partial charge in [0.05, 0.1) is 18.0 Å². The van der Waals surface area contributed by atoms with Crippen LogP contribution in [0.4, 0.5) is 0 Å². The molecule has 0 amide bonds. The van der Waals surface area contributed by atoms with Gasteiger partial charge in [-0.05, 0) is 37.9 Å². The summed E-state index contributed by atoms with van der Waals surface area (Å²) in [7, 11) is 2.14. The summed E-state index contributed by atoms with van der Waals surface area (Å²) in [5.74, 6) is 0.668. The van der Waals surface area contributed by atoms with Gasteiger partial charge in [0.15, 0.2) is 0 Å². The highest BCUT2D eigenvalue weighted by molar-refractivity contribution is 5.10. The first-order valence-electron chi connectivity index (χ1n) is 6.69. The van der Waals surface area contributed by atoms with Crippen molar-refractivity contribution >= 4 is 0 Å². The summed E-state index contributed by atoms with van der Waals surface area (Å²) in [5, 5.41) is 0. The van der Waals surface area contributed by atoms with Crippen molar-refractivity contribution in [2.24, 2.45) is 11.7 Å². The van der Waals surface area contributed by atoms with Crippen molar-refractivity contribution in [1.29, 1.82) is 0 Å². The molecule has 4 heteroatoms. The number of ether oxygens (including phenoxy) is 1. The second kappa shape index (κ2) is 6.83. The molecule has 2 N–H and O–H groups in total. The quantitative estimate of drug-likeness (QED) is 0.857. The van der Waals surface area contributed by atoms with Crippen LogP contribution in [0.1, 0.15) is 24.2 Å². The zero-order valence-electron chi connectivity index (χ0n) is 11.1. The van der Waals surface area contributed by atoms with Crippen LogP contribution in [0, 0.1) is 5.92 Å². The van der Waals surface area contributed by atoms with E-state index in [9.17, 15) is 0 Å². The third kappa shape index (κ3) is 4.05. The van der Waals surface area contributed by atoms with Crippen molar-refractivity contribution in [3.05, 3.63) is 29.6 Å². The molecule has 0 spiro atoms. The van der Waals surface area contributed by atoms with E-state index in [0.717, 1.165) is 37.7 Å². The fraction of sp³-hybridized carbons (Fsp3) is 0.643. The first-order valence-corrected chi connectivity index (χ1v) is 6.69. The Hall–Kier alpha value is -0.970. The highest BCUT2D eigenvalue weighted by Crippen LogP contribution is 2.15. The number of rotatable bonds is 5. The Morgan fingerprint density at radius 2 is 2.28 bits per heavy atom. The molecule has 0 radical (unpaired) electrons. The van der Waals surface area contributed by atoms with Gasteiger partial charge in [0.1, 0.15) is 0 Å². The minimum atomic E-state index is 0.508. The van der Waals surface area contributed by atoms with Crippen LogP contribution in [0.3, 0.4) is 0 Å². The fourth-order valence-corrected chi connectivity index (χ4v) is 2.46. The zero-order valence-corrected chi connectivity index (χ0v) is 11.1. The second-order valence-corrected chi connectivity index (χ2v) is 5.10. The number of aromatic nitrogens is 1. The maximum absolute atomic E-state index is 5.61. The summed E-state index contributed by atoms with van der Waals surface area (Å²) >= 11 is 0. The van der Waals surface area contributed by atoms with Gasteiger partial charge in [-0.2, -0.15) is 0 Å². The van der Waals surface area contributed by atoms with E-state index in [1.807, 2.05) is 12.1 Å². The lowest BCUT2D eigenvalue weighted by atomic mass is 10.0. The van der Waals surface area contributed by atoms with Gasteiger partial charge < -0.3 is 15.4 Å². The molecule has 0 aliphatic carbocycles. The first kappa shape index (κ1) is 13.5. The molecule has 18 heavy (non-hydrogen) atoms. The number of nitrogens with zero attached hydrogens (tertiary/aromatic N) is 2. The number of pyridine rings is 1. The van der Waals surface area contributed by atoms with Gasteiger partial charge in [-0.3, -0.25) is 4.98 Å². The van der Waals surface area contributed by atoms with Crippen molar-refractivity contribution in [2.45, 2.75) is 25.9 Å². The molecule has 0 saturated carbocycles. The molecule has 1 atom stereocenters. The van der Waals surface area contributed by atoms with Gasteiger partial charge in [-0.25, -0.2) is 0 Å². The Morgan fingerprint density at radius 3 is 3.00 bits per heavy atom. The van der Waals surface area contributed by atoms with Crippen molar-refractivity contribution < 1.29 is 4.74 Å². The lowest BCUT2D eigenvalue weighted by Crippen LogP contribution is -2.30. The van der Waals surface area contributed by atoms with Crippen molar-refractivity contribution in [3.8, 4) is 0 Å². The van der Waals surface area contributed by atoms with E-state index in [2.05, 4.69) is 23.0 Å². The number of hydrogen-bond donors (Lipinski definition) is 1. The average Bonchev–Trinajstić information content (AvgIpc) is 2.40. The summed E-state index contributed by atoms with van der Waals surface area (Å²) in [5.41, 5.74) is 7.66. The van der Waals surface area contributed by atoms with E-state index in [1.165, 1.54) is 12.8 Å². The topological polar surface area (TPSA) is 51.4 Å². The summed E-state index contributed by atoms with van der Waals surface area (Å²) in [6.45, 7) is 4.30. The van der Waals surface area contributed by atoms with Gasteiger partial charge >= 0.3 is 0 Å². The minimum Gasteiger partial charge on any atom is -0.381 e. The molecule has 1 aromatic rings. The normalized spacial score (nSPS) is 20.3. The molecule has 1 unspecified atom stereocenters. The molecule has 1 aliphatic heterocycles. The molecular formula is C14H23N3O. The molecular weight excluding hydrogens is 226 g/mol. The second-order valence-electron chi connectivity index (χ2n) is 5.10. The van der Waals surface area contributed by atoms with Gasteiger partial charge in [0.25, 0.3) is 0 Å². The SMILES string of the molecule is CN(Cc1cccc(CN)n1)CC1CCCOC1. The van der Waals surface area contributed by atoms with Crippen LogP contribution < -0.4 is 5.73 Å². The zero-order chi connectivity index (χ0) is 12.8. The van der Waals surface area contributed by atoms with Crippen LogP contribution in [-0.2, 0) is 17.8 Å². The Bertz CT molecular complexity index is 364. The van der Waals surface area contributed by atoms with Crippen LogP contribution in [0.5, 0.6) is 0 Å². The maximum Gasteiger partial charge on any atom is 0.0547 e. The highest BCUT2D eigenvalue weighted by Gasteiger charge is 2.16. The largest absolute Gasteiger partial charge is 0.381 e. The van der Waals surface area contributed by atoms with Crippen molar-refractivity contribution in [3.63, 3.8) is 0 Å². The monoisotopic (exact) mass is 249 g/mol. The van der Waals surface area contributed by atoms with Crippen LogP contribution in [0.15, 0.2) is 18.2 Å². The molecule has 0 bridgehead atoms. The van der Waals surface area contributed by atoms with E-state index in [4.69, 9.17) is 10.5 Å². The summed E-state index contributed by atoms with van der Waals surface area (Å²) in [6, 6.07) is 6.06. The van der Waals surface area contributed by atoms with Crippen molar-refractivity contribution in [1.82, 2.24) is 9.88 Å². The van der Waals surface area contributed by atoms with Crippen LogP contribution in [0.25, 0.3) is 0 Å². The molecule has 0 aromatic carbocycles. The summed E-state index contributed by atoms with van der Waals surface area (Å²) in [6.07, 6.45) is 2.47. The third-order valence-corrected chi connectivity index (χ3v) is 3.33. The maximum atomic E-state index is 5.61. The Kier molecular flexibility index (Phi) is 5.11. The Labute approximate surface area is 109 Å². The van der Waals surface area contributed by atoms with Gasteiger partial charge in [-0.1, -0.05) is 6.07 Å². The molecule has 100 valence electrons. The summed E-state index contributed by atoms with van der Waals surface area (Å²) in [4.78, 5) is 6.85. The average molecular weight is 249 g/mol. The molecule has 2 heterocycles. The molecule has 1 fully saturated rings. The molecule has 1 aromatic heterocycles. The third-order valence-electron chi connectivity index (χ3n) is 3.33. The van der Waals surface area contributed by atoms with E-state index in [1.54, 1.807) is 0 Å². The lowest BCUT2D eigenvalue weighted by Gasteiger charge is -2.26. The van der Waals surface area contributed by atoms with Crippen LogP contribution in [-0.4, -0.2) is 36.7 Å². The van der Waals surface area contributed by atoms with E-state index in [0.29, 0.717) is 12.5 Å². The highest BCUT2D eigenvalue weighted by atomic mass is 16.5. The van der Waals surface area contributed by atoms with E-state index >= 15 is 0 Å². The Balaban J connectivity index is 1.83. The lowest BCUT2D eigenvalue weighted by molar-refractivity contribution is 0.0410. The molecule has 1 aliphatic rings. The van der Waals surface area contributed by atoms with Crippen LogP contribution >= 0.6 is 0 Å². The minimum absolute atomic E-state index is 0.508. The van der Waals surface area contributed by atoms with Crippen LogP contribution in [0.2, 0.25) is 0 Å². The number of hydrogen-bond acceptors (Lipinski definition) is 4. The predicted molar refractivity (Wildman–Crippen MR) is 72.0 cm³/mol. The predicted octanol–water partition coefficient (Wildman–Crippen LogP) is 1.40. The van der Waals surface area contributed by atoms with Gasteiger partial charge in [-0.15, -0.1) is 0 Å². The smallest absolute Gasteiger partial charge is 0.0547 e. The first-order chi connectivity index (χ1) is 8.78. The van der Waals surface area contributed by atoms with E-state index < -0.39 is 0 Å². The fourth-order valence-electron chi connectivity index (χ4n) is 2.46. The van der Waals surface area contributed by atoms with Gasteiger partial charge in [0.2, 0.25) is 0 Å². The standard InChI is InChI=1S/C14H23N3O/c1-17(9-12-4-3-7-18-11-12)10-14-6-2-5-13(8-15)16-14/h2,5-6,12H,3-4,7-11,15H2,1H3. The van der Waals surface area contributed by atoms with E-state index in [-0.39, 0.29) is 0 Å². The molecule has 1 saturated heterocycles. The molecule has 4 nitrogen and oxygen atoms in total. The van der Waals surface area contributed by atoms with Crippen molar-refractivity contribution in [2.75, 3.05) is 26.8 Å². The summed E-state index contributed by atoms with van der Waals surface area (Å²) < 4.78 is 5.51. The number of nitrogens with two attached hydrogens (primary N) is 1. The molecule has 2 rings (SSSR count).